The Bertz CT molecular complexity index is 881. The third-order valence-corrected chi connectivity index (χ3v) is 18.6. The number of esters is 1. The van der Waals surface area contributed by atoms with Gasteiger partial charge in [0.2, 0.25) is 0 Å². The Morgan fingerprint density at radius 1 is 0.927 bits per heavy atom. The van der Waals surface area contributed by atoms with E-state index in [0.717, 1.165) is 25.7 Å². The van der Waals surface area contributed by atoms with Gasteiger partial charge < -0.3 is 13.6 Å². The van der Waals surface area contributed by atoms with Gasteiger partial charge in [0.1, 0.15) is 11.6 Å². The molecule has 0 amide bonds. The van der Waals surface area contributed by atoms with Crippen LogP contribution in [0.2, 0.25) is 36.3 Å². The van der Waals surface area contributed by atoms with E-state index < -0.39 is 16.6 Å². The minimum absolute atomic E-state index is 0.0126. The number of ether oxygens (including phenoxy) is 1. The van der Waals surface area contributed by atoms with Gasteiger partial charge in [0.05, 0.1) is 19.3 Å². The third kappa shape index (κ3) is 12.2. The maximum atomic E-state index is 13.4. The summed E-state index contributed by atoms with van der Waals surface area (Å²) in [6, 6.07) is 0. The van der Waals surface area contributed by atoms with Crippen molar-refractivity contribution >= 4 is 34.2 Å². The van der Waals surface area contributed by atoms with Crippen molar-refractivity contribution in [3.63, 3.8) is 0 Å². The highest BCUT2D eigenvalue weighted by Gasteiger charge is 2.47. The molecule has 238 valence electrons. The Hall–Kier alpha value is -1.10. The van der Waals surface area contributed by atoms with E-state index in [4.69, 9.17) is 13.6 Å². The zero-order valence-corrected chi connectivity index (χ0v) is 30.5. The van der Waals surface area contributed by atoms with Gasteiger partial charge in [0.25, 0.3) is 0 Å². The van der Waals surface area contributed by atoms with Crippen molar-refractivity contribution in [2.45, 2.75) is 161 Å². The number of hydrogen-bond donors (Lipinski definition) is 0. The summed E-state index contributed by atoms with van der Waals surface area (Å²) >= 11 is 0. The van der Waals surface area contributed by atoms with Crippen LogP contribution in [-0.2, 0) is 28.0 Å². The molecule has 8 heteroatoms. The highest BCUT2D eigenvalue weighted by atomic mass is 28.4. The predicted octanol–water partition coefficient (Wildman–Crippen LogP) is 8.80. The standard InChI is InChI=1S/C33H62O6Si2/c1-13-14-15-19-26(38-40(9,10)32(2,3)4)21-22-27-28(23-25(34)18-16-17-20-31(36)37-8)29(35)24-30(27)39-41(11,12)33(5,6)7/h21-22,26-28,30H,13-20,23-24H2,1-12H3/b22-21+/t26-,27+,28+,30+/m0/s1. The summed E-state index contributed by atoms with van der Waals surface area (Å²) in [5.41, 5.74) is 0. The smallest absolute Gasteiger partial charge is 0.305 e. The van der Waals surface area contributed by atoms with E-state index in [9.17, 15) is 14.4 Å². The van der Waals surface area contributed by atoms with Crippen LogP contribution < -0.4 is 0 Å². The molecule has 0 aliphatic heterocycles. The topological polar surface area (TPSA) is 78.9 Å². The minimum Gasteiger partial charge on any atom is -0.469 e. The van der Waals surface area contributed by atoms with Crippen molar-refractivity contribution in [3.8, 4) is 0 Å². The molecule has 1 fully saturated rings. The van der Waals surface area contributed by atoms with E-state index in [1.54, 1.807) is 0 Å². The lowest BCUT2D eigenvalue weighted by molar-refractivity contribution is -0.140. The summed E-state index contributed by atoms with van der Waals surface area (Å²) in [6.07, 6.45) is 11.0. The van der Waals surface area contributed by atoms with Crippen molar-refractivity contribution in [2.75, 3.05) is 7.11 Å². The van der Waals surface area contributed by atoms with Gasteiger partial charge in [0.15, 0.2) is 16.6 Å². The van der Waals surface area contributed by atoms with Gasteiger partial charge in [-0.3, -0.25) is 14.4 Å². The molecule has 1 aliphatic rings. The quantitative estimate of drug-likeness (QED) is 0.0709. The summed E-state index contributed by atoms with van der Waals surface area (Å²) < 4.78 is 18.4. The van der Waals surface area contributed by atoms with Crippen LogP contribution in [0.4, 0.5) is 0 Å². The molecule has 0 N–H and O–H groups in total. The Labute approximate surface area is 254 Å². The maximum Gasteiger partial charge on any atom is 0.305 e. The molecule has 4 atom stereocenters. The predicted molar refractivity (Wildman–Crippen MR) is 174 cm³/mol. The van der Waals surface area contributed by atoms with Gasteiger partial charge in [-0.05, 0) is 55.5 Å². The molecule has 6 nitrogen and oxygen atoms in total. The normalized spacial score (nSPS) is 21.5. The van der Waals surface area contributed by atoms with Crippen molar-refractivity contribution in [3.05, 3.63) is 12.2 Å². The van der Waals surface area contributed by atoms with Crippen LogP contribution in [0, 0.1) is 11.8 Å². The molecule has 0 aromatic heterocycles. The van der Waals surface area contributed by atoms with Crippen molar-refractivity contribution in [2.24, 2.45) is 11.8 Å². The number of ketones is 2. The van der Waals surface area contributed by atoms with E-state index in [0.29, 0.717) is 32.1 Å². The first-order chi connectivity index (χ1) is 18.8. The van der Waals surface area contributed by atoms with Gasteiger partial charge in [0, 0.05) is 37.5 Å². The number of hydrogen-bond acceptors (Lipinski definition) is 6. The summed E-state index contributed by atoms with van der Waals surface area (Å²) in [5, 5.41) is 0.121. The summed E-state index contributed by atoms with van der Waals surface area (Å²) in [4.78, 5) is 37.8. The lowest BCUT2D eigenvalue weighted by Crippen LogP contribution is -2.45. The molecule has 0 aromatic rings. The largest absolute Gasteiger partial charge is 0.469 e. The van der Waals surface area contributed by atoms with Crippen LogP contribution in [0.25, 0.3) is 0 Å². The Morgan fingerprint density at radius 3 is 2.05 bits per heavy atom. The van der Waals surface area contributed by atoms with E-state index in [1.807, 2.05) is 0 Å². The molecule has 0 aromatic carbocycles. The van der Waals surface area contributed by atoms with Crippen LogP contribution in [-0.4, -0.2) is 53.5 Å². The number of rotatable bonds is 17. The van der Waals surface area contributed by atoms with E-state index in [-0.39, 0.29) is 58.1 Å². The van der Waals surface area contributed by atoms with E-state index in [2.05, 4.69) is 86.8 Å². The fourth-order valence-corrected chi connectivity index (χ4v) is 7.44. The van der Waals surface area contributed by atoms with Crippen molar-refractivity contribution in [1.82, 2.24) is 0 Å². The second-order valence-corrected chi connectivity index (χ2v) is 24.6. The first kappa shape index (κ1) is 37.9. The maximum absolute atomic E-state index is 13.4. The Balaban J connectivity index is 3.23. The molecular formula is C33H62O6Si2. The Kier molecular flexibility index (Phi) is 14.9. The fourth-order valence-electron chi connectivity index (χ4n) is 4.78. The van der Waals surface area contributed by atoms with Gasteiger partial charge in [-0.2, -0.15) is 0 Å². The van der Waals surface area contributed by atoms with E-state index >= 15 is 0 Å². The van der Waals surface area contributed by atoms with Crippen LogP contribution in [0.3, 0.4) is 0 Å². The Morgan fingerprint density at radius 2 is 1.51 bits per heavy atom. The van der Waals surface area contributed by atoms with Gasteiger partial charge in [-0.1, -0.05) is 79.9 Å². The first-order valence-corrected chi connectivity index (χ1v) is 21.7. The molecule has 1 rings (SSSR count). The molecule has 0 saturated heterocycles. The number of unbranched alkanes of at least 4 members (excludes halogenated alkanes) is 3. The average Bonchev–Trinajstić information content (AvgIpc) is 3.11. The summed E-state index contributed by atoms with van der Waals surface area (Å²) in [5.74, 6) is -0.575. The molecular weight excluding hydrogens is 549 g/mol. The second-order valence-electron chi connectivity index (χ2n) is 15.1. The van der Waals surface area contributed by atoms with Crippen LogP contribution in [0.1, 0.15) is 113 Å². The van der Waals surface area contributed by atoms with Gasteiger partial charge in [-0.15, -0.1) is 0 Å². The first-order valence-electron chi connectivity index (χ1n) is 15.9. The van der Waals surface area contributed by atoms with Crippen molar-refractivity contribution < 1.29 is 28.0 Å². The number of carbonyl (C=O) groups is 3. The highest BCUT2D eigenvalue weighted by Crippen LogP contribution is 2.43. The van der Waals surface area contributed by atoms with Crippen LogP contribution in [0.5, 0.6) is 0 Å². The third-order valence-electron chi connectivity index (χ3n) is 9.62. The lowest BCUT2D eigenvalue weighted by atomic mass is 9.88. The SMILES string of the molecule is CCCCC[C@@H](/C=C/[C@H]1[C@H](O[Si](C)(C)C(C)(C)C)CC(=O)[C@@H]1CC(=O)CCCCC(=O)OC)O[Si](C)(C)C(C)(C)C. The average molecular weight is 611 g/mol. The zero-order chi connectivity index (χ0) is 31.6. The zero-order valence-electron chi connectivity index (χ0n) is 28.5. The monoisotopic (exact) mass is 610 g/mol. The molecule has 0 spiro atoms. The second kappa shape index (κ2) is 16.1. The van der Waals surface area contributed by atoms with Gasteiger partial charge >= 0.3 is 5.97 Å². The highest BCUT2D eigenvalue weighted by molar-refractivity contribution is 6.74. The molecule has 0 heterocycles. The number of carbonyl (C=O) groups excluding carboxylic acids is 3. The lowest BCUT2D eigenvalue weighted by Gasteiger charge is -2.40. The van der Waals surface area contributed by atoms with Crippen molar-refractivity contribution in [1.29, 1.82) is 0 Å². The van der Waals surface area contributed by atoms with E-state index in [1.165, 1.54) is 7.11 Å². The molecule has 1 aliphatic carbocycles. The number of methoxy groups -OCH3 is 1. The molecule has 0 bridgehead atoms. The van der Waals surface area contributed by atoms with Crippen LogP contribution >= 0.6 is 0 Å². The fraction of sp³-hybridized carbons (Fsp3) is 0.848. The van der Waals surface area contributed by atoms with Gasteiger partial charge in [-0.25, -0.2) is 0 Å². The van der Waals surface area contributed by atoms with Crippen LogP contribution in [0.15, 0.2) is 12.2 Å². The number of Topliss-reactive ketones (excluding diaryl/α,β-unsaturated/α-hetero) is 2. The molecule has 0 unspecified atom stereocenters. The summed E-state index contributed by atoms with van der Waals surface area (Å²) in [7, 11) is -2.76. The molecule has 0 radical (unpaired) electrons. The minimum atomic E-state index is -2.14. The summed E-state index contributed by atoms with van der Waals surface area (Å²) in [6.45, 7) is 24.7. The molecule has 1 saturated carbocycles. The molecule has 41 heavy (non-hydrogen) atoms.